The fourth-order valence-electron chi connectivity index (χ4n) is 5.19. The van der Waals surface area contributed by atoms with Crippen LogP contribution in [0.2, 0.25) is 10.0 Å². The van der Waals surface area contributed by atoms with Gasteiger partial charge in [-0.2, -0.15) is 13.2 Å². The Morgan fingerprint density at radius 3 is 2.37 bits per heavy atom. The molecule has 0 aromatic heterocycles. The Morgan fingerprint density at radius 2 is 1.70 bits per heavy atom. The van der Waals surface area contributed by atoms with E-state index in [9.17, 15) is 18.0 Å². The molecule has 0 saturated carbocycles. The second kappa shape index (κ2) is 14.5. The van der Waals surface area contributed by atoms with Crippen LogP contribution in [0.4, 0.5) is 13.2 Å². The van der Waals surface area contributed by atoms with Crippen molar-refractivity contribution in [3.05, 3.63) is 133 Å². The molecule has 4 aromatic carbocycles. The summed E-state index contributed by atoms with van der Waals surface area (Å²) < 4.78 is 54.2. The molecule has 0 unspecified atom stereocenters. The van der Waals surface area contributed by atoms with E-state index in [1.807, 2.05) is 24.3 Å². The number of alkyl halides is 3. The van der Waals surface area contributed by atoms with Gasteiger partial charge < -0.3 is 19.9 Å². The SMILES string of the molecule is O=C(NCc1ccccc1C(F)(F)F)[C@]1(Cc2ccccc2Br)N=C(c2ccc(OCCCO)cc2)O[C@@H]1c1ccc(Cl)cc1Cl. The van der Waals surface area contributed by atoms with Gasteiger partial charge in [0.15, 0.2) is 11.6 Å². The van der Waals surface area contributed by atoms with Crippen molar-refractivity contribution in [3.8, 4) is 5.75 Å². The lowest BCUT2D eigenvalue weighted by atomic mass is 9.82. The molecule has 0 saturated heterocycles. The molecule has 1 amide bonds. The minimum atomic E-state index is -4.61. The van der Waals surface area contributed by atoms with Crippen LogP contribution in [0.1, 0.15) is 40.3 Å². The molecule has 0 aliphatic carbocycles. The van der Waals surface area contributed by atoms with Crippen LogP contribution < -0.4 is 10.1 Å². The third kappa shape index (κ3) is 7.52. The first-order valence-electron chi connectivity index (χ1n) is 14.2. The minimum absolute atomic E-state index is 0.000834. The van der Waals surface area contributed by atoms with Gasteiger partial charge in [0, 0.05) is 51.6 Å². The maximum Gasteiger partial charge on any atom is 0.416 e. The van der Waals surface area contributed by atoms with Crippen LogP contribution in [-0.4, -0.2) is 35.7 Å². The molecule has 6 nitrogen and oxygen atoms in total. The second-order valence-corrected chi connectivity index (χ2v) is 12.3. The number of aliphatic hydroxyl groups is 1. The zero-order valence-corrected chi connectivity index (χ0v) is 27.3. The monoisotopic (exact) mass is 734 g/mol. The largest absolute Gasteiger partial charge is 0.494 e. The van der Waals surface area contributed by atoms with Gasteiger partial charge in [-0.1, -0.05) is 81.6 Å². The van der Waals surface area contributed by atoms with Crippen molar-refractivity contribution in [2.75, 3.05) is 13.2 Å². The third-order valence-electron chi connectivity index (χ3n) is 7.45. The first-order chi connectivity index (χ1) is 22.0. The summed E-state index contributed by atoms with van der Waals surface area (Å²) in [4.78, 5) is 19.4. The number of aliphatic imine (C=N–C) groups is 1. The molecule has 2 N–H and O–H groups in total. The van der Waals surface area contributed by atoms with Crippen molar-refractivity contribution in [2.45, 2.75) is 37.2 Å². The van der Waals surface area contributed by atoms with Gasteiger partial charge in [-0.3, -0.25) is 4.79 Å². The molecule has 5 rings (SSSR count). The number of halogens is 6. The number of aliphatic hydroxyl groups excluding tert-OH is 1. The van der Waals surface area contributed by atoms with Crippen molar-refractivity contribution in [1.29, 1.82) is 0 Å². The first-order valence-corrected chi connectivity index (χ1v) is 15.8. The Labute approximate surface area is 282 Å². The average Bonchev–Trinajstić information content (AvgIpc) is 3.41. The van der Waals surface area contributed by atoms with Crippen molar-refractivity contribution in [1.82, 2.24) is 5.32 Å². The van der Waals surface area contributed by atoms with Crippen LogP contribution in [0, 0.1) is 0 Å². The topological polar surface area (TPSA) is 80.2 Å². The molecule has 1 aliphatic heterocycles. The molecule has 0 spiro atoms. The average molecular weight is 736 g/mol. The number of nitrogens with zero attached hydrogens (tertiary/aromatic N) is 1. The minimum Gasteiger partial charge on any atom is -0.494 e. The Morgan fingerprint density at radius 1 is 1.00 bits per heavy atom. The molecule has 4 aromatic rings. The normalized spacial score (nSPS) is 17.7. The summed E-state index contributed by atoms with van der Waals surface area (Å²) >= 11 is 16.4. The zero-order valence-electron chi connectivity index (χ0n) is 24.2. The van der Waals surface area contributed by atoms with E-state index in [1.54, 1.807) is 36.4 Å². The van der Waals surface area contributed by atoms with Crippen LogP contribution in [0.5, 0.6) is 5.75 Å². The summed E-state index contributed by atoms with van der Waals surface area (Å²) in [5.74, 6) is 0.0414. The standard InChI is InChI=1S/C34H28BrCl2F3N2O4/c35-28-9-4-2-6-22(28)19-33(32(44)41-20-23-7-1-3-8-27(23)34(38,39)40)30(26-15-12-24(36)18-29(26)37)46-31(42-33)21-10-13-25(14-11-21)45-17-5-16-43/h1-4,6-15,18,30,43H,5,16-17,19-20H2,(H,41,44)/t30-,33-/m1/s1. The van der Waals surface area contributed by atoms with E-state index in [0.29, 0.717) is 45.0 Å². The molecular weight excluding hydrogens is 708 g/mol. The Bertz CT molecular complexity index is 1740. The van der Waals surface area contributed by atoms with Crippen LogP contribution in [0.15, 0.2) is 100 Å². The van der Waals surface area contributed by atoms with Gasteiger partial charge in [-0.05, 0) is 59.7 Å². The molecule has 12 heteroatoms. The lowest BCUT2D eigenvalue weighted by molar-refractivity contribution is -0.138. The number of benzene rings is 4. The van der Waals surface area contributed by atoms with E-state index in [2.05, 4.69) is 21.2 Å². The smallest absolute Gasteiger partial charge is 0.416 e. The third-order valence-corrected chi connectivity index (χ3v) is 8.79. The summed E-state index contributed by atoms with van der Waals surface area (Å²) in [6.45, 7) is -0.0734. The van der Waals surface area contributed by atoms with E-state index < -0.39 is 35.8 Å². The van der Waals surface area contributed by atoms with E-state index in [1.165, 1.54) is 24.3 Å². The maximum atomic E-state index is 14.5. The number of carbonyl (C=O) groups is 1. The fourth-order valence-corrected chi connectivity index (χ4v) is 6.12. The quantitative estimate of drug-likeness (QED) is 0.152. The predicted octanol–water partition coefficient (Wildman–Crippen LogP) is 8.35. The molecule has 240 valence electrons. The van der Waals surface area contributed by atoms with E-state index >= 15 is 0 Å². The predicted molar refractivity (Wildman–Crippen MR) is 174 cm³/mol. The summed E-state index contributed by atoms with van der Waals surface area (Å²) in [5.41, 5.74) is -0.980. The van der Waals surface area contributed by atoms with Crippen LogP contribution in [-0.2, 0) is 28.7 Å². The molecule has 2 atom stereocenters. The van der Waals surface area contributed by atoms with Gasteiger partial charge in [0.25, 0.3) is 5.91 Å². The molecule has 0 bridgehead atoms. The molecule has 0 fully saturated rings. The van der Waals surface area contributed by atoms with Crippen LogP contribution in [0.25, 0.3) is 0 Å². The summed E-state index contributed by atoms with van der Waals surface area (Å²) in [7, 11) is 0. The molecule has 1 aliphatic rings. The number of amides is 1. The maximum absolute atomic E-state index is 14.5. The van der Waals surface area contributed by atoms with E-state index in [0.717, 1.165) is 6.07 Å². The highest BCUT2D eigenvalue weighted by atomic mass is 79.9. The van der Waals surface area contributed by atoms with Gasteiger partial charge in [0.2, 0.25) is 5.90 Å². The Hall–Kier alpha value is -3.57. The van der Waals surface area contributed by atoms with Crippen molar-refractivity contribution in [3.63, 3.8) is 0 Å². The van der Waals surface area contributed by atoms with E-state index in [-0.39, 0.29) is 29.5 Å². The lowest BCUT2D eigenvalue weighted by Crippen LogP contribution is -2.50. The van der Waals surface area contributed by atoms with Gasteiger partial charge >= 0.3 is 6.18 Å². The second-order valence-electron chi connectivity index (χ2n) is 10.6. The molecule has 0 radical (unpaired) electrons. The lowest BCUT2D eigenvalue weighted by Gasteiger charge is -2.31. The van der Waals surface area contributed by atoms with Crippen molar-refractivity contribution < 1.29 is 32.5 Å². The van der Waals surface area contributed by atoms with Gasteiger partial charge in [-0.25, -0.2) is 4.99 Å². The zero-order chi connectivity index (χ0) is 32.9. The summed E-state index contributed by atoms with van der Waals surface area (Å²) in [6, 6.07) is 24.0. The van der Waals surface area contributed by atoms with Crippen LogP contribution >= 0.6 is 39.1 Å². The molecular formula is C34H28BrCl2F3N2O4. The number of carbonyl (C=O) groups excluding carboxylic acids is 1. The summed E-state index contributed by atoms with van der Waals surface area (Å²) in [5, 5.41) is 12.4. The molecule has 1 heterocycles. The van der Waals surface area contributed by atoms with Gasteiger partial charge in [-0.15, -0.1) is 0 Å². The Kier molecular flexibility index (Phi) is 10.6. The first kappa shape index (κ1) is 33.8. The number of ether oxygens (including phenoxy) is 2. The number of rotatable bonds is 11. The highest BCUT2D eigenvalue weighted by Crippen LogP contribution is 2.46. The van der Waals surface area contributed by atoms with Gasteiger partial charge in [0.1, 0.15) is 5.75 Å². The van der Waals surface area contributed by atoms with Crippen molar-refractivity contribution in [2.24, 2.45) is 4.99 Å². The number of hydrogen-bond donors (Lipinski definition) is 2. The van der Waals surface area contributed by atoms with Gasteiger partial charge in [0.05, 0.1) is 12.2 Å². The van der Waals surface area contributed by atoms with Crippen molar-refractivity contribution >= 4 is 50.9 Å². The van der Waals surface area contributed by atoms with E-state index in [4.69, 9.17) is 42.8 Å². The number of nitrogens with one attached hydrogen (secondary N) is 1. The summed E-state index contributed by atoms with van der Waals surface area (Å²) in [6.07, 6.45) is -5.21. The number of hydrogen-bond acceptors (Lipinski definition) is 5. The highest BCUT2D eigenvalue weighted by molar-refractivity contribution is 9.10. The Balaban J connectivity index is 1.60. The van der Waals surface area contributed by atoms with Crippen LogP contribution in [0.3, 0.4) is 0 Å². The molecule has 46 heavy (non-hydrogen) atoms. The fraction of sp³-hybridized carbons (Fsp3) is 0.235. The highest BCUT2D eigenvalue weighted by Gasteiger charge is 2.54.